The van der Waals surface area contributed by atoms with Crippen molar-refractivity contribution in [1.29, 1.82) is 0 Å². The molecule has 1 amide bonds. The van der Waals surface area contributed by atoms with Crippen LogP contribution in [0.4, 0.5) is 5.69 Å². The van der Waals surface area contributed by atoms with E-state index in [4.69, 9.17) is 0 Å². The van der Waals surface area contributed by atoms with E-state index in [1.807, 2.05) is 18.2 Å². The van der Waals surface area contributed by atoms with Gasteiger partial charge < -0.3 is 10.2 Å². The van der Waals surface area contributed by atoms with E-state index in [2.05, 4.69) is 37.1 Å². The summed E-state index contributed by atoms with van der Waals surface area (Å²) in [7, 11) is 0. The van der Waals surface area contributed by atoms with Crippen LogP contribution in [0.25, 0.3) is 0 Å². The summed E-state index contributed by atoms with van der Waals surface area (Å²) < 4.78 is 0. The number of fused-ring (bicyclic) bond motifs is 2. The van der Waals surface area contributed by atoms with Gasteiger partial charge in [0, 0.05) is 18.8 Å². The van der Waals surface area contributed by atoms with Crippen molar-refractivity contribution in [2.24, 2.45) is 5.41 Å². The number of rotatable bonds is 1. The quantitative estimate of drug-likeness (QED) is 0.840. The van der Waals surface area contributed by atoms with Gasteiger partial charge in [-0.3, -0.25) is 4.79 Å². The summed E-state index contributed by atoms with van der Waals surface area (Å²) in [6.07, 6.45) is 0.936. The van der Waals surface area contributed by atoms with Crippen molar-refractivity contribution in [2.75, 3.05) is 25.0 Å². The predicted molar refractivity (Wildman–Crippen MR) is 77.3 cm³/mol. The first-order chi connectivity index (χ1) is 8.91. The highest BCUT2D eigenvalue weighted by atomic mass is 16.2. The van der Waals surface area contributed by atoms with Crippen LogP contribution < -0.4 is 5.32 Å². The lowest BCUT2D eigenvalue weighted by atomic mass is 9.81. The Bertz CT molecular complexity index is 518. The van der Waals surface area contributed by atoms with Crippen molar-refractivity contribution in [3.63, 3.8) is 0 Å². The maximum Gasteiger partial charge on any atom is 0.236 e. The number of para-hydroxylation sites is 1. The number of nitrogens with zero attached hydrogens (tertiary/aromatic N) is 1. The number of carbonyl (C=O) groups excluding carboxylic acids is 1. The number of carbonyl (C=O) groups is 1. The number of nitrogens with one attached hydrogen (secondary N) is 1. The standard InChI is InChI=1S/C16H22N2O/c1-15(2,3)10-18-9-8-16(11-18)12-6-4-5-7-13(12)17-14(16)19/h4-7H,8-11H2,1-3H3,(H,17,19). The van der Waals surface area contributed by atoms with Gasteiger partial charge in [0.05, 0.1) is 5.41 Å². The Hall–Kier alpha value is -1.35. The van der Waals surface area contributed by atoms with Crippen molar-refractivity contribution < 1.29 is 4.79 Å². The van der Waals surface area contributed by atoms with Crippen LogP contribution in [0.2, 0.25) is 0 Å². The molecule has 1 saturated heterocycles. The lowest BCUT2D eigenvalue weighted by molar-refractivity contribution is -0.120. The fourth-order valence-corrected chi connectivity index (χ4v) is 3.47. The summed E-state index contributed by atoms with van der Waals surface area (Å²) in [6.45, 7) is 9.66. The smallest absolute Gasteiger partial charge is 0.236 e. The fourth-order valence-electron chi connectivity index (χ4n) is 3.47. The average Bonchev–Trinajstić information content (AvgIpc) is 2.83. The molecule has 2 aliphatic heterocycles. The van der Waals surface area contributed by atoms with Gasteiger partial charge in [0.25, 0.3) is 0 Å². The van der Waals surface area contributed by atoms with E-state index in [1.165, 1.54) is 5.56 Å². The lowest BCUT2D eigenvalue weighted by Gasteiger charge is -2.28. The molecule has 0 aromatic heterocycles. The van der Waals surface area contributed by atoms with Crippen molar-refractivity contribution in [1.82, 2.24) is 4.90 Å². The molecule has 1 unspecified atom stereocenters. The number of hydrogen-bond donors (Lipinski definition) is 1. The third-order valence-electron chi connectivity index (χ3n) is 4.17. The number of amides is 1. The zero-order valence-electron chi connectivity index (χ0n) is 12.0. The molecule has 2 heterocycles. The summed E-state index contributed by atoms with van der Waals surface area (Å²) in [5, 5.41) is 3.05. The minimum atomic E-state index is -0.304. The van der Waals surface area contributed by atoms with E-state index < -0.39 is 0 Å². The van der Waals surface area contributed by atoms with E-state index in [0.29, 0.717) is 0 Å². The van der Waals surface area contributed by atoms with E-state index in [-0.39, 0.29) is 16.7 Å². The number of anilines is 1. The van der Waals surface area contributed by atoms with Crippen LogP contribution >= 0.6 is 0 Å². The minimum Gasteiger partial charge on any atom is -0.325 e. The normalized spacial score (nSPS) is 26.8. The molecule has 1 aromatic carbocycles. The van der Waals surface area contributed by atoms with Crippen molar-refractivity contribution in [3.05, 3.63) is 29.8 Å². The van der Waals surface area contributed by atoms with E-state index in [0.717, 1.165) is 31.7 Å². The molecular formula is C16H22N2O. The molecule has 19 heavy (non-hydrogen) atoms. The van der Waals surface area contributed by atoms with Crippen LogP contribution in [0.1, 0.15) is 32.8 Å². The van der Waals surface area contributed by atoms with Crippen LogP contribution in [0.5, 0.6) is 0 Å². The number of likely N-dealkylation sites (tertiary alicyclic amines) is 1. The van der Waals surface area contributed by atoms with E-state index in [9.17, 15) is 4.79 Å². The molecule has 1 atom stereocenters. The molecule has 0 bridgehead atoms. The Balaban J connectivity index is 1.88. The molecular weight excluding hydrogens is 236 g/mol. The van der Waals surface area contributed by atoms with Crippen LogP contribution in [-0.2, 0) is 10.2 Å². The van der Waals surface area contributed by atoms with Gasteiger partial charge in [0.15, 0.2) is 0 Å². The minimum absolute atomic E-state index is 0.185. The third kappa shape index (κ3) is 2.06. The van der Waals surface area contributed by atoms with Crippen molar-refractivity contribution in [2.45, 2.75) is 32.6 Å². The summed E-state index contributed by atoms with van der Waals surface area (Å²) >= 11 is 0. The Morgan fingerprint density at radius 3 is 2.79 bits per heavy atom. The summed E-state index contributed by atoms with van der Waals surface area (Å²) in [5.41, 5.74) is 2.17. The summed E-state index contributed by atoms with van der Waals surface area (Å²) in [6, 6.07) is 8.13. The molecule has 0 saturated carbocycles. The molecule has 1 spiro atoms. The monoisotopic (exact) mass is 258 g/mol. The van der Waals surface area contributed by atoms with Crippen LogP contribution in [0, 0.1) is 5.41 Å². The summed E-state index contributed by atoms with van der Waals surface area (Å²) in [4.78, 5) is 14.9. The highest BCUT2D eigenvalue weighted by Gasteiger charge is 2.51. The van der Waals surface area contributed by atoms with E-state index >= 15 is 0 Å². The number of hydrogen-bond acceptors (Lipinski definition) is 2. The largest absolute Gasteiger partial charge is 0.325 e. The molecule has 3 rings (SSSR count). The van der Waals surface area contributed by atoms with Gasteiger partial charge in [0.1, 0.15) is 0 Å². The van der Waals surface area contributed by atoms with Gasteiger partial charge in [-0.1, -0.05) is 39.0 Å². The Morgan fingerprint density at radius 1 is 1.32 bits per heavy atom. The van der Waals surface area contributed by atoms with Gasteiger partial charge in [-0.2, -0.15) is 0 Å². The molecule has 1 N–H and O–H groups in total. The fraction of sp³-hybridized carbons (Fsp3) is 0.562. The highest BCUT2D eigenvalue weighted by Crippen LogP contribution is 2.44. The Labute approximate surface area is 115 Å². The first-order valence-corrected chi connectivity index (χ1v) is 7.04. The molecule has 1 aromatic rings. The molecule has 3 heteroatoms. The molecule has 102 valence electrons. The first kappa shape index (κ1) is 12.7. The van der Waals surface area contributed by atoms with Gasteiger partial charge in [0.2, 0.25) is 5.91 Å². The van der Waals surface area contributed by atoms with Gasteiger partial charge in [-0.15, -0.1) is 0 Å². The summed E-state index contributed by atoms with van der Waals surface area (Å²) in [5.74, 6) is 0.185. The lowest BCUT2D eigenvalue weighted by Crippen LogP contribution is -2.39. The Morgan fingerprint density at radius 2 is 2.05 bits per heavy atom. The molecule has 0 radical (unpaired) electrons. The second kappa shape index (κ2) is 4.07. The van der Waals surface area contributed by atoms with Gasteiger partial charge >= 0.3 is 0 Å². The average molecular weight is 258 g/mol. The molecule has 3 nitrogen and oxygen atoms in total. The maximum absolute atomic E-state index is 12.4. The predicted octanol–water partition coefficient (Wildman–Crippen LogP) is 2.63. The SMILES string of the molecule is CC(C)(C)CN1CCC2(C1)C(=O)Nc1ccccc12. The molecule has 2 aliphatic rings. The molecule has 1 fully saturated rings. The van der Waals surface area contributed by atoms with Gasteiger partial charge in [-0.05, 0) is 30.0 Å². The third-order valence-corrected chi connectivity index (χ3v) is 4.17. The van der Waals surface area contributed by atoms with Crippen LogP contribution in [0.3, 0.4) is 0 Å². The topological polar surface area (TPSA) is 32.3 Å². The van der Waals surface area contributed by atoms with Crippen LogP contribution in [0.15, 0.2) is 24.3 Å². The number of benzene rings is 1. The van der Waals surface area contributed by atoms with Crippen LogP contribution in [-0.4, -0.2) is 30.4 Å². The zero-order chi connectivity index (χ0) is 13.7. The second-order valence-electron chi connectivity index (χ2n) is 7.10. The van der Waals surface area contributed by atoms with E-state index in [1.54, 1.807) is 0 Å². The molecule has 0 aliphatic carbocycles. The second-order valence-corrected chi connectivity index (χ2v) is 7.10. The Kier molecular flexibility index (Phi) is 2.72. The van der Waals surface area contributed by atoms with Crippen molar-refractivity contribution >= 4 is 11.6 Å². The van der Waals surface area contributed by atoms with Gasteiger partial charge in [-0.25, -0.2) is 0 Å². The first-order valence-electron chi connectivity index (χ1n) is 7.04. The highest BCUT2D eigenvalue weighted by molar-refractivity contribution is 6.06. The maximum atomic E-state index is 12.4. The zero-order valence-corrected chi connectivity index (χ0v) is 12.0. The van der Waals surface area contributed by atoms with Crippen molar-refractivity contribution in [3.8, 4) is 0 Å².